The molecule has 0 saturated carbocycles. The fourth-order valence-electron chi connectivity index (χ4n) is 1.60. The number of rotatable bonds is 5. The molecule has 1 N–H and O–H groups in total. The Morgan fingerprint density at radius 3 is 2.80 bits per heavy atom. The number of hydrogen-bond donors (Lipinski definition) is 1. The van der Waals surface area contributed by atoms with Crippen molar-refractivity contribution in [3.05, 3.63) is 41.2 Å². The Balaban J connectivity index is 2.05. The van der Waals surface area contributed by atoms with E-state index >= 15 is 0 Å². The highest BCUT2D eigenvalue weighted by Crippen LogP contribution is 2.10. The predicted octanol–water partition coefficient (Wildman–Crippen LogP) is -0.945. The molecule has 0 aliphatic rings. The molecule has 0 unspecified atom stereocenters. The van der Waals surface area contributed by atoms with Crippen molar-refractivity contribution in [1.29, 1.82) is 0 Å². The maximum absolute atomic E-state index is 11.2. The summed E-state index contributed by atoms with van der Waals surface area (Å²) >= 11 is 0. The Labute approximate surface area is 114 Å². The van der Waals surface area contributed by atoms with Gasteiger partial charge in [-0.25, -0.2) is 13.4 Å². The molecule has 8 nitrogen and oxygen atoms in total. The van der Waals surface area contributed by atoms with Crippen molar-refractivity contribution >= 4 is 10.1 Å². The van der Waals surface area contributed by atoms with Crippen molar-refractivity contribution in [3.8, 4) is 11.3 Å². The number of aromatic amines is 1. The Morgan fingerprint density at radius 1 is 1.40 bits per heavy atom. The molecule has 0 saturated heterocycles. The van der Waals surface area contributed by atoms with Crippen molar-refractivity contribution in [3.63, 3.8) is 0 Å². The minimum absolute atomic E-state index is 0.200. The van der Waals surface area contributed by atoms with Crippen LogP contribution in [0.4, 0.5) is 0 Å². The lowest BCUT2D eigenvalue weighted by Gasteiger charge is -2.03. The molecule has 0 fully saturated rings. The molecule has 2 aromatic heterocycles. The van der Waals surface area contributed by atoms with Gasteiger partial charge in [0, 0.05) is 29.9 Å². The molecular weight excluding hydrogens is 284 g/mol. The van der Waals surface area contributed by atoms with Crippen LogP contribution < -0.4 is 10.2 Å². The van der Waals surface area contributed by atoms with E-state index in [9.17, 15) is 17.8 Å². The van der Waals surface area contributed by atoms with Gasteiger partial charge in [-0.15, -0.1) is 0 Å². The largest absolute Gasteiger partial charge is 0.748 e. The van der Waals surface area contributed by atoms with Crippen molar-refractivity contribution in [2.24, 2.45) is 0 Å². The normalized spacial score (nSPS) is 11.4. The van der Waals surface area contributed by atoms with E-state index in [1.807, 2.05) is 0 Å². The van der Waals surface area contributed by atoms with Crippen LogP contribution in [-0.2, 0) is 16.7 Å². The van der Waals surface area contributed by atoms with Crippen LogP contribution >= 0.6 is 0 Å². The lowest BCUT2D eigenvalue weighted by atomic mass is 10.2. The summed E-state index contributed by atoms with van der Waals surface area (Å²) in [6.45, 7) is 0.324. The van der Waals surface area contributed by atoms with Gasteiger partial charge in [0.05, 0.1) is 22.1 Å². The lowest BCUT2D eigenvalue weighted by Crippen LogP contribution is -2.38. The van der Waals surface area contributed by atoms with Crippen molar-refractivity contribution in [2.45, 2.75) is 13.0 Å². The van der Waals surface area contributed by atoms with Gasteiger partial charge in [-0.3, -0.25) is 4.79 Å². The first-order chi connectivity index (χ1) is 9.44. The van der Waals surface area contributed by atoms with E-state index < -0.39 is 15.9 Å². The molecule has 0 amide bonds. The van der Waals surface area contributed by atoms with Gasteiger partial charge in [0.1, 0.15) is 6.20 Å². The van der Waals surface area contributed by atoms with E-state index in [1.165, 1.54) is 23.3 Å². The van der Waals surface area contributed by atoms with Crippen LogP contribution in [0.15, 0.2) is 35.6 Å². The van der Waals surface area contributed by atoms with Gasteiger partial charge in [-0.2, -0.15) is 0 Å². The smallest absolute Gasteiger partial charge is 0.251 e. The molecule has 0 atom stereocenters. The summed E-state index contributed by atoms with van der Waals surface area (Å²) in [6, 6.07) is 3.06. The molecule has 106 valence electrons. The molecule has 9 heteroatoms. The first kappa shape index (κ1) is 14.3. The van der Waals surface area contributed by atoms with Gasteiger partial charge < -0.3 is 9.54 Å². The average Bonchev–Trinajstić information content (AvgIpc) is 2.38. The second-order valence-electron chi connectivity index (χ2n) is 4.09. The number of aromatic nitrogens is 4. The highest BCUT2D eigenvalue weighted by Gasteiger charge is 2.07. The van der Waals surface area contributed by atoms with E-state index in [0.29, 0.717) is 17.8 Å². The number of aryl methyl sites for hydroxylation is 1. The molecule has 0 aliphatic heterocycles. The highest BCUT2D eigenvalue weighted by molar-refractivity contribution is 7.85. The molecule has 2 aromatic rings. The molecule has 0 spiro atoms. The summed E-state index contributed by atoms with van der Waals surface area (Å²) in [7, 11) is -4.19. The lowest BCUT2D eigenvalue weighted by molar-refractivity contribution is -0.753. The monoisotopic (exact) mass is 296 g/mol. The van der Waals surface area contributed by atoms with Crippen molar-refractivity contribution in [2.75, 3.05) is 5.75 Å². The number of nitrogens with one attached hydrogen (secondary N) is 1. The predicted molar refractivity (Wildman–Crippen MR) is 67.5 cm³/mol. The third-order valence-electron chi connectivity index (χ3n) is 2.53. The van der Waals surface area contributed by atoms with Gasteiger partial charge >= 0.3 is 0 Å². The maximum atomic E-state index is 11.2. The first-order valence-corrected chi connectivity index (χ1v) is 7.36. The van der Waals surface area contributed by atoms with Gasteiger partial charge in [-0.05, 0) is 5.10 Å². The maximum Gasteiger partial charge on any atom is 0.251 e. The Morgan fingerprint density at radius 2 is 2.20 bits per heavy atom. The van der Waals surface area contributed by atoms with Crippen LogP contribution in [0.3, 0.4) is 0 Å². The number of H-pyrrole nitrogens is 1. The minimum Gasteiger partial charge on any atom is -0.748 e. The van der Waals surface area contributed by atoms with E-state index in [4.69, 9.17) is 0 Å². The number of nitrogens with zero attached hydrogens (tertiary/aromatic N) is 3. The Kier molecular flexibility index (Phi) is 4.20. The third-order valence-corrected chi connectivity index (χ3v) is 3.32. The molecule has 2 heterocycles. The van der Waals surface area contributed by atoms with Crippen LogP contribution in [0.5, 0.6) is 0 Å². The molecule has 0 aromatic carbocycles. The van der Waals surface area contributed by atoms with Crippen LogP contribution in [-0.4, -0.2) is 33.8 Å². The highest BCUT2D eigenvalue weighted by atomic mass is 32.2. The second kappa shape index (κ2) is 5.88. The van der Waals surface area contributed by atoms with E-state index in [1.54, 1.807) is 12.3 Å². The Hall–Kier alpha value is -2.13. The summed E-state index contributed by atoms with van der Waals surface area (Å²) in [5.41, 5.74) is 0.909. The summed E-state index contributed by atoms with van der Waals surface area (Å²) in [5, 5.41) is 4.07. The van der Waals surface area contributed by atoms with Crippen molar-refractivity contribution in [1.82, 2.24) is 15.1 Å². The van der Waals surface area contributed by atoms with E-state index in [2.05, 4.69) is 15.1 Å². The fourth-order valence-corrected chi connectivity index (χ4v) is 2.08. The molecule has 0 radical (unpaired) electrons. The van der Waals surface area contributed by atoms with Crippen LogP contribution in [0.1, 0.15) is 6.42 Å². The van der Waals surface area contributed by atoms with Crippen molar-refractivity contribution < 1.29 is 17.7 Å². The van der Waals surface area contributed by atoms with Gasteiger partial charge in [0.2, 0.25) is 0 Å². The molecule has 0 bridgehead atoms. The summed E-state index contributed by atoms with van der Waals surface area (Å²) < 4.78 is 32.9. The van der Waals surface area contributed by atoms with E-state index in [-0.39, 0.29) is 12.0 Å². The molecule has 2 rings (SSSR count). The van der Waals surface area contributed by atoms with Gasteiger partial charge in [0.15, 0.2) is 12.7 Å². The quantitative estimate of drug-likeness (QED) is 0.561. The number of hydrogen-bond acceptors (Lipinski definition) is 6. The molecule has 0 aliphatic carbocycles. The first-order valence-electron chi connectivity index (χ1n) is 5.78. The standard InChI is InChI=1S/C11H12N4O4S/c16-11-6-10(12-8-13-11)9-2-4-15(14-7-9)3-1-5-20(17,18)19/h2,4,6-8H,1,3,5H2,(H-,12,13,16,17,18,19). The zero-order chi connectivity index (χ0) is 14.6. The third kappa shape index (κ3) is 4.21. The average molecular weight is 296 g/mol. The summed E-state index contributed by atoms with van der Waals surface area (Å²) in [4.78, 5) is 17.6. The van der Waals surface area contributed by atoms with E-state index in [0.717, 1.165) is 0 Å². The zero-order valence-corrected chi connectivity index (χ0v) is 11.2. The Bertz CT molecular complexity index is 740. The van der Waals surface area contributed by atoms with Crippen LogP contribution in [0, 0.1) is 0 Å². The topological polar surface area (TPSA) is 120 Å². The van der Waals surface area contributed by atoms with Gasteiger partial charge in [-0.1, -0.05) is 4.68 Å². The SMILES string of the molecule is O=c1cc(-c2cc[n+](CCCS(=O)(=O)[O-])nc2)nc[nH]1. The minimum atomic E-state index is -4.19. The van der Waals surface area contributed by atoms with Crippen LogP contribution in [0.25, 0.3) is 11.3 Å². The fraction of sp³-hybridized carbons (Fsp3) is 0.273. The van der Waals surface area contributed by atoms with Gasteiger partial charge in [0.25, 0.3) is 5.56 Å². The van der Waals surface area contributed by atoms with Crippen LogP contribution in [0.2, 0.25) is 0 Å². The second-order valence-corrected chi connectivity index (χ2v) is 5.61. The molecule has 20 heavy (non-hydrogen) atoms. The summed E-state index contributed by atoms with van der Waals surface area (Å²) in [5.74, 6) is -0.418. The zero-order valence-electron chi connectivity index (χ0n) is 10.4. The summed E-state index contributed by atoms with van der Waals surface area (Å²) in [6.07, 6.45) is 4.66. The molecular formula is C11H12N4O4S.